The van der Waals surface area contributed by atoms with Crippen molar-refractivity contribution < 1.29 is 23.6 Å². The first-order valence-corrected chi connectivity index (χ1v) is 9.22. The van der Waals surface area contributed by atoms with Crippen LogP contribution in [0.5, 0.6) is 0 Å². The Bertz CT molecular complexity index is 1190. The SMILES string of the molecule is Cc1c([N+](=O)[O-])cc(C(=O)N2CCc3c(noc3-c3ccc(F)cc3)C2)cc1[N+](=O)[O-]. The summed E-state index contributed by atoms with van der Waals surface area (Å²) in [5.41, 5.74) is 0.708. The van der Waals surface area contributed by atoms with Crippen molar-refractivity contribution in [2.45, 2.75) is 19.9 Å². The summed E-state index contributed by atoms with van der Waals surface area (Å²) in [6.45, 7) is 1.61. The number of nitro groups is 2. The lowest BCUT2D eigenvalue weighted by Crippen LogP contribution is -2.36. The number of benzene rings is 2. The van der Waals surface area contributed by atoms with E-state index in [1.54, 1.807) is 12.1 Å². The Labute approximate surface area is 174 Å². The molecule has 0 saturated carbocycles. The van der Waals surface area contributed by atoms with Gasteiger partial charge < -0.3 is 9.42 Å². The number of halogens is 1. The number of nitrogens with zero attached hydrogens (tertiary/aromatic N) is 4. The van der Waals surface area contributed by atoms with Crippen molar-refractivity contribution in [2.75, 3.05) is 6.54 Å². The van der Waals surface area contributed by atoms with Gasteiger partial charge in [-0.15, -0.1) is 0 Å². The van der Waals surface area contributed by atoms with Gasteiger partial charge in [0.05, 0.1) is 22.0 Å². The van der Waals surface area contributed by atoms with E-state index in [9.17, 15) is 29.4 Å². The molecule has 0 bridgehead atoms. The van der Waals surface area contributed by atoms with Crippen molar-refractivity contribution in [1.82, 2.24) is 10.1 Å². The zero-order valence-electron chi connectivity index (χ0n) is 16.2. The fraction of sp³-hybridized carbons (Fsp3) is 0.200. The third-order valence-corrected chi connectivity index (χ3v) is 5.23. The molecule has 1 aliphatic heterocycles. The highest BCUT2D eigenvalue weighted by Gasteiger charge is 2.31. The molecule has 0 fully saturated rings. The Morgan fingerprint density at radius 3 is 2.32 bits per heavy atom. The first-order valence-electron chi connectivity index (χ1n) is 9.22. The molecule has 1 aromatic heterocycles. The van der Waals surface area contributed by atoms with Gasteiger partial charge in [-0.25, -0.2) is 4.39 Å². The van der Waals surface area contributed by atoms with Gasteiger partial charge >= 0.3 is 0 Å². The summed E-state index contributed by atoms with van der Waals surface area (Å²) in [7, 11) is 0. The summed E-state index contributed by atoms with van der Waals surface area (Å²) in [5, 5.41) is 26.6. The summed E-state index contributed by atoms with van der Waals surface area (Å²) in [5.74, 6) is -0.470. The van der Waals surface area contributed by atoms with E-state index in [-0.39, 0.29) is 30.0 Å². The molecule has 0 unspecified atom stereocenters. The molecule has 2 heterocycles. The lowest BCUT2D eigenvalue weighted by atomic mass is 9.99. The Kier molecular flexibility index (Phi) is 4.93. The molecule has 1 aliphatic rings. The molecular weight excluding hydrogens is 411 g/mol. The normalized spacial score (nSPS) is 13.0. The van der Waals surface area contributed by atoms with Gasteiger partial charge in [-0.3, -0.25) is 25.0 Å². The quantitative estimate of drug-likeness (QED) is 0.458. The first-order chi connectivity index (χ1) is 14.8. The van der Waals surface area contributed by atoms with Crippen LogP contribution in [0.4, 0.5) is 15.8 Å². The zero-order chi connectivity index (χ0) is 22.3. The van der Waals surface area contributed by atoms with Crippen LogP contribution in [0.25, 0.3) is 11.3 Å². The molecule has 3 aromatic rings. The summed E-state index contributed by atoms with van der Waals surface area (Å²) < 4.78 is 18.6. The van der Waals surface area contributed by atoms with E-state index in [0.29, 0.717) is 23.4 Å². The second kappa shape index (κ2) is 7.59. The molecule has 1 amide bonds. The van der Waals surface area contributed by atoms with Crippen molar-refractivity contribution in [1.29, 1.82) is 0 Å². The molecule has 2 aromatic carbocycles. The van der Waals surface area contributed by atoms with Gasteiger partial charge in [0.2, 0.25) is 0 Å². The van der Waals surface area contributed by atoms with E-state index in [4.69, 9.17) is 4.52 Å². The molecule has 0 aliphatic carbocycles. The molecule has 10 nitrogen and oxygen atoms in total. The molecule has 158 valence electrons. The van der Waals surface area contributed by atoms with Gasteiger partial charge in [0.25, 0.3) is 17.3 Å². The third kappa shape index (κ3) is 3.61. The van der Waals surface area contributed by atoms with Crippen LogP contribution in [0, 0.1) is 33.0 Å². The average Bonchev–Trinajstić information content (AvgIpc) is 3.16. The van der Waals surface area contributed by atoms with E-state index in [1.165, 1.54) is 24.0 Å². The first kappa shape index (κ1) is 20.1. The minimum Gasteiger partial charge on any atom is -0.356 e. The third-order valence-electron chi connectivity index (χ3n) is 5.23. The van der Waals surface area contributed by atoms with Crippen LogP contribution >= 0.6 is 0 Å². The van der Waals surface area contributed by atoms with Gasteiger partial charge in [-0.05, 0) is 37.6 Å². The van der Waals surface area contributed by atoms with E-state index in [1.807, 2.05) is 0 Å². The molecule has 0 N–H and O–H groups in total. The Morgan fingerprint density at radius 2 is 1.74 bits per heavy atom. The Hall–Kier alpha value is -4.15. The predicted molar refractivity (Wildman–Crippen MR) is 105 cm³/mol. The zero-order valence-corrected chi connectivity index (χ0v) is 16.2. The fourth-order valence-electron chi connectivity index (χ4n) is 3.60. The lowest BCUT2D eigenvalue weighted by molar-refractivity contribution is -0.395. The predicted octanol–water partition coefficient (Wildman–Crippen LogP) is 3.80. The van der Waals surface area contributed by atoms with E-state index in [0.717, 1.165) is 17.7 Å². The molecule has 0 radical (unpaired) electrons. The largest absolute Gasteiger partial charge is 0.356 e. The molecule has 0 spiro atoms. The minimum absolute atomic E-state index is 0.0777. The number of aromatic nitrogens is 1. The van der Waals surface area contributed by atoms with Crippen molar-refractivity contribution in [3.05, 3.63) is 84.8 Å². The minimum atomic E-state index is -0.750. The van der Waals surface area contributed by atoms with Crippen LogP contribution in [0.1, 0.15) is 27.2 Å². The number of nitro benzene ring substituents is 2. The maximum Gasteiger partial charge on any atom is 0.279 e. The van der Waals surface area contributed by atoms with Gasteiger partial charge in [0.1, 0.15) is 17.1 Å². The van der Waals surface area contributed by atoms with E-state index >= 15 is 0 Å². The number of hydrogen-bond donors (Lipinski definition) is 0. The van der Waals surface area contributed by atoms with Crippen molar-refractivity contribution in [2.24, 2.45) is 0 Å². The Morgan fingerprint density at radius 1 is 1.13 bits per heavy atom. The van der Waals surface area contributed by atoms with Crippen LogP contribution in [0.3, 0.4) is 0 Å². The molecule has 11 heteroatoms. The molecular formula is C20H15FN4O6. The molecule has 0 saturated heterocycles. The number of fused-ring (bicyclic) bond motifs is 1. The van der Waals surface area contributed by atoms with Crippen LogP contribution in [-0.4, -0.2) is 32.4 Å². The standard InChI is InChI=1S/C20H15FN4O6/c1-11-17(24(27)28)8-13(9-18(11)25(29)30)20(26)23-7-6-15-16(10-23)22-31-19(15)12-2-4-14(21)5-3-12/h2-5,8-9H,6-7,10H2,1H3. The number of carbonyl (C=O) groups excluding carboxylic acids is 1. The van der Waals surface area contributed by atoms with Crippen LogP contribution in [0.2, 0.25) is 0 Å². The van der Waals surface area contributed by atoms with Crippen LogP contribution in [-0.2, 0) is 13.0 Å². The number of amides is 1. The fourth-order valence-corrected chi connectivity index (χ4v) is 3.60. The van der Waals surface area contributed by atoms with Crippen molar-refractivity contribution in [3.8, 4) is 11.3 Å². The monoisotopic (exact) mass is 426 g/mol. The average molecular weight is 426 g/mol. The number of hydrogen-bond acceptors (Lipinski definition) is 7. The number of rotatable bonds is 4. The highest BCUT2D eigenvalue weighted by molar-refractivity contribution is 5.96. The van der Waals surface area contributed by atoms with Gasteiger partial charge in [0.15, 0.2) is 5.76 Å². The highest BCUT2D eigenvalue weighted by Crippen LogP contribution is 2.33. The van der Waals surface area contributed by atoms with Crippen LogP contribution in [0.15, 0.2) is 40.9 Å². The highest BCUT2D eigenvalue weighted by atomic mass is 19.1. The van der Waals surface area contributed by atoms with Crippen LogP contribution < -0.4 is 0 Å². The smallest absolute Gasteiger partial charge is 0.279 e. The molecule has 0 atom stereocenters. The van der Waals surface area contributed by atoms with E-state index < -0.39 is 27.1 Å². The topological polar surface area (TPSA) is 133 Å². The second-order valence-corrected chi connectivity index (χ2v) is 7.07. The maximum atomic E-state index is 13.2. The summed E-state index contributed by atoms with van der Waals surface area (Å²) in [6.07, 6.45) is 0.396. The summed E-state index contributed by atoms with van der Waals surface area (Å²) >= 11 is 0. The molecule has 31 heavy (non-hydrogen) atoms. The number of carbonyl (C=O) groups is 1. The van der Waals surface area contributed by atoms with Crippen molar-refractivity contribution >= 4 is 17.3 Å². The second-order valence-electron chi connectivity index (χ2n) is 7.07. The van der Waals surface area contributed by atoms with E-state index in [2.05, 4.69) is 5.16 Å². The lowest BCUT2D eigenvalue weighted by Gasteiger charge is -2.26. The van der Waals surface area contributed by atoms with Gasteiger partial charge in [-0.2, -0.15) is 0 Å². The van der Waals surface area contributed by atoms with Crippen molar-refractivity contribution in [3.63, 3.8) is 0 Å². The van der Waals surface area contributed by atoms with Gasteiger partial charge in [0, 0.05) is 29.8 Å². The maximum absolute atomic E-state index is 13.2. The summed E-state index contributed by atoms with van der Waals surface area (Å²) in [4.78, 5) is 35.4. The molecule has 4 rings (SSSR count). The Balaban J connectivity index is 1.63. The van der Waals surface area contributed by atoms with Gasteiger partial charge in [-0.1, -0.05) is 5.16 Å². The summed E-state index contributed by atoms with van der Waals surface area (Å²) in [6, 6.07) is 7.84.